The lowest BCUT2D eigenvalue weighted by molar-refractivity contribution is -0.110. The smallest absolute Gasteiger partial charge is 0.142 e. The van der Waals surface area contributed by atoms with Crippen LogP contribution in [-0.4, -0.2) is 19.4 Å². The largest absolute Gasteiger partial charge is 0.497 e. The number of carbonyl (C=O) groups is 1. The summed E-state index contributed by atoms with van der Waals surface area (Å²) >= 11 is 0. The minimum atomic E-state index is -0.209. The molecule has 16 heavy (non-hydrogen) atoms. The van der Waals surface area contributed by atoms with Crippen molar-refractivity contribution in [3.63, 3.8) is 0 Å². The molecule has 0 fully saturated rings. The Balaban J connectivity index is 2.82. The van der Waals surface area contributed by atoms with Crippen LogP contribution in [0, 0.1) is 5.41 Å². The third-order valence-corrected chi connectivity index (χ3v) is 2.46. The van der Waals surface area contributed by atoms with Crippen molar-refractivity contribution in [3.8, 4) is 5.75 Å². The number of ether oxygens (including phenoxy) is 1. The monoisotopic (exact) mass is 221 g/mol. The first-order valence-corrected chi connectivity index (χ1v) is 5.33. The summed E-state index contributed by atoms with van der Waals surface area (Å²) in [4.78, 5) is 11.0. The fraction of sp³-hybridized carbons (Fsp3) is 0.462. The van der Waals surface area contributed by atoms with E-state index in [1.807, 2.05) is 45.0 Å². The molecule has 1 atom stereocenters. The Kier molecular flexibility index (Phi) is 3.93. The average Bonchev–Trinajstić information content (AvgIpc) is 2.24. The predicted octanol–water partition coefficient (Wildman–Crippen LogP) is 2.72. The molecule has 0 aliphatic heterocycles. The van der Waals surface area contributed by atoms with Gasteiger partial charge in [0, 0.05) is 11.8 Å². The zero-order chi connectivity index (χ0) is 12.2. The van der Waals surface area contributed by atoms with Gasteiger partial charge in [-0.1, -0.05) is 26.8 Å². The number of benzene rings is 1. The molecule has 0 spiro atoms. The number of rotatable bonds is 4. The number of hydrogen-bond acceptors (Lipinski definition) is 3. The second-order valence-corrected chi connectivity index (χ2v) is 4.86. The third-order valence-electron chi connectivity index (χ3n) is 2.46. The number of aldehydes is 1. The van der Waals surface area contributed by atoms with Crippen molar-refractivity contribution >= 4 is 12.0 Å². The van der Waals surface area contributed by atoms with Gasteiger partial charge in [0.05, 0.1) is 13.2 Å². The maximum Gasteiger partial charge on any atom is 0.142 e. The summed E-state index contributed by atoms with van der Waals surface area (Å²) in [6.45, 7) is 6.08. The Morgan fingerprint density at radius 1 is 1.38 bits per heavy atom. The number of methoxy groups -OCH3 is 1. The number of nitrogens with one attached hydrogen (secondary N) is 1. The maximum absolute atomic E-state index is 11.0. The van der Waals surface area contributed by atoms with Crippen molar-refractivity contribution in [3.05, 3.63) is 24.3 Å². The van der Waals surface area contributed by atoms with Crippen molar-refractivity contribution in [1.82, 2.24) is 0 Å². The molecule has 0 heterocycles. The van der Waals surface area contributed by atoms with Crippen LogP contribution in [0.4, 0.5) is 5.69 Å². The van der Waals surface area contributed by atoms with Crippen LogP contribution in [0.5, 0.6) is 5.75 Å². The Morgan fingerprint density at radius 3 is 2.56 bits per heavy atom. The second kappa shape index (κ2) is 5.01. The second-order valence-electron chi connectivity index (χ2n) is 4.86. The van der Waals surface area contributed by atoms with Crippen LogP contribution in [0.2, 0.25) is 0 Å². The van der Waals surface area contributed by atoms with E-state index in [1.54, 1.807) is 7.11 Å². The molecule has 0 aromatic heterocycles. The predicted molar refractivity (Wildman–Crippen MR) is 65.9 cm³/mol. The number of carbonyl (C=O) groups excluding carboxylic acids is 1. The molecule has 3 heteroatoms. The normalized spacial score (nSPS) is 13.0. The first kappa shape index (κ1) is 12.6. The van der Waals surface area contributed by atoms with Crippen molar-refractivity contribution < 1.29 is 9.53 Å². The molecule has 0 amide bonds. The molecule has 1 N–H and O–H groups in total. The van der Waals surface area contributed by atoms with E-state index in [4.69, 9.17) is 4.74 Å². The molecule has 0 bridgehead atoms. The Morgan fingerprint density at radius 2 is 2.06 bits per heavy atom. The van der Waals surface area contributed by atoms with E-state index in [9.17, 15) is 4.79 Å². The topological polar surface area (TPSA) is 38.3 Å². The fourth-order valence-electron chi connectivity index (χ4n) is 1.35. The molecule has 1 rings (SSSR count). The van der Waals surface area contributed by atoms with E-state index < -0.39 is 0 Å². The van der Waals surface area contributed by atoms with Gasteiger partial charge in [-0.05, 0) is 17.5 Å². The van der Waals surface area contributed by atoms with E-state index in [2.05, 4.69) is 5.32 Å². The lowest BCUT2D eigenvalue weighted by atomic mass is 9.87. The minimum absolute atomic E-state index is 0.106. The van der Waals surface area contributed by atoms with Gasteiger partial charge in [0.2, 0.25) is 0 Å². The van der Waals surface area contributed by atoms with Crippen molar-refractivity contribution in [2.75, 3.05) is 12.4 Å². The summed E-state index contributed by atoms with van der Waals surface area (Å²) in [5, 5.41) is 3.20. The molecule has 3 nitrogen and oxygen atoms in total. The zero-order valence-electron chi connectivity index (χ0n) is 10.3. The van der Waals surface area contributed by atoms with Gasteiger partial charge in [0.1, 0.15) is 12.0 Å². The summed E-state index contributed by atoms with van der Waals surface area (Å²) < 4.78 is 5.13. The molecule has 0 saturated heterocycles. The molecule has 88 valence electrons. The van der Waals surface area contributed by atoms with E-state index in [1.165, 1.54) is 0 Å². The van der Waals surface area contributed by atoms with E-state index >= 15 is 0 Å². The van der Waals surface area contributed by atoms with Crippen molar-refractivity contribution in [2.45, 2.75) is 26.8 Å². The van der Waals surface area contributed by atoms with Gasteiger partial charge >= 0.3 is 0 Å². The van der Waals surface area contributed by atoms with E-state index in [0.29, 0.717) is 0 Å². The number of anilines is 1. The molecular formula is C13H19NO2. The lowest BCUT2D eigenvalue weighted by Gasteiger charge is -2.27. The van der Waals surface area contributed by atoms with Gasteiger partial charge in [-0.25, -0.2) is 0 Å². The van der Waals surface area contributed by atoms with Gasteiger partial charge in [-0.3, -0.25) is 0 Å². The quantitative estimate of drug-likeness (QED) is 0.794. The highest BCUT2D eigenvalue weighted by Crippen LogP contribution is 2.23. The standard InChI is InChI=1S/C13H19NO2/c1-13(2,3)12(9-15)14-10-6-5-7-11(8-10)16-4/h5-9,12,14H,1-4H3/t12-/m1/s1. The van der Waals surface area contributed by atoms with Crippen LogP contribution in [0.15, 0.2) is 24.3 Å². The molecular weight excluding hydrogens is 202 g/mol. The summed E-state index contributed by atoms with van der Waals surface area (Å²) in [5.41, 5.74) is 0.788. The highest BCUT2D eigenvalue weighted by atomic mass is 16.5. The van der Waals surface area contributed by atoms with Crippen LogP contribution in [0.1, 0.15) is 20.8 Å². The summed E-state index contributed by atoms with van der Waals surface area (Å²) in [6.07, 6.45) is 0.944. The van der Waals surface area contributed by atoms with Crippen LogP contribution in [0.3, 0.4) is 0 Å². The minimum Gasteiger partial charge on any atom is -0.497 e. The van der Waals surface area contributed by atoms with Gasteiger partial charge in [-0.15, -0.1) is 0 Å². The van der Waals surface area contributed by atoms with Crippen molar-refractivity contribution in [2.24, 2.45) is 5.41 Å². The maximum atomic E-state index is 11.0. The Hall–Kier alpha value is -1.51. The SMILES string of the molecule is COc1cccc(N[C@H](C=O)C(C)(C)C)c1. The molecule has 1 aromatic carbocycles. The van der Waals surface area contributed by atoms with Gasteiger partial charge in [0.15, 0.2) is 0 Å². The molecule has 0 aliphatic carbocycles. The Labute approximate surface area is 96.8 Å². The van der Waals surface area contributed by atoms with Crippen LogP contribution in [-0.2, 0) is 4.79 Å². The molecule has 0 radical (unpaired) electrons. The van der Waals surface area contributed by atoms with Crippen LogP contribution >= 0.6 is 0 Å². The number of hydrogen-bond donors (Lipinski definition) is 1. The van der Waals surface area contributed by atoms with Crippen molar-refractivity contribution in [1.29, 1.82) is 0 Å². The summed E-state index contributed by atoms with van der Waals surface area (Å²) in [5.74, 6) is 0.781. The molecule has 0 aliphatic rings. The van der Waals surface area contributed by atoms with Crippen LogP contribution in [0.25, 0.3) is 0 Å². The third kappa shape index (κ3) is 3.26. The Bertz CT molecular complexity index is 355. The zero-order valence-corrected chi connectivity index (χ0v) is 10.3. The lowest BCUT2D eigenvalue weighted by Crippen LogP contribution is -2.35. The molecule has 1 aromatic rings. The highest BCUT2D eigenvalue weighted by molar-refractivity contribution is 5.66. The molecule has 0 saturated carbocycles. The van der Waals surface area contributed by atoms with E-state index in [0.717, 1.165) is 17.7 Å². The highest BCUT2D eigenvalue weighted by Gasteiger charge is 2.23. The van der Waals surface area contributed by atoms with Gasteiger partial charge < -0.3 is 14.8 Å². The van der Waals surface area contributed by atoms with Crippen LogP contribution < -0.4 is 10.1 Å². The summed E-state index contributed by atoms with van der Waals surface area (Å²) in [6, 6.07) is 7.36. The van der Waals surface area contributed by atoms with Gasteiger partial charge in [-0.2, -0.15) is 0 Å². The summed E-state index contributed by atoms with van der Waals surface area (Å²) in [7, 11) is 1.63. The average molecular weight is 221 g/mol. The van der Waals surface area contributed by atoms with E-state index in [-0.39, 0.29) is 11.5 Å². The first-order chi connectivity index (χ1) is 7.47. The fourth-order valence-corrected chi connectivity index (χ4v) is 1.35. The van der Waals surface area contributed by atoms with Gasteiger partial charge in [0.25, 0.3) is 0 Å². The molecule has 0 unspecified atom stereocenters. The first-order valence-electron chi connectivity index (χ1n) is 5.33.